The third kappa shape index (κ3) is 3.63. The van der Waals surface area contributed by atoms with Crippen LogP contribution in [0.4, 0.5) is 0 Å². The molecule has 2 aromatic carbocycles. The molecule has 3 atom stereocenters. The summed E-state index contributed by atoms with van der Waals surface area (Å²) in [7, 11) is 1.66. The maximum atomic E-state index is 10.2. The second-order valence-corrected chi connectivity index (χ2v) is 9.04. The van der Waals surface area contributed by atoms with E-state index in [4.69, 9.17) is 9.47 Å². The summed E-state index contributed by atoms with van der Waals surface area (Å²) < 4.78 is 14.1. The van der Waals surface area contributed by atoms with Crippen molar-refractivity contribution in [2.24, 2.45) is 0 Å². The van der Waals surface area contributed by atoms with Gasteiger partial charge in [-0.05, 0) is 35.7 Å². The van der Waals surface area contributed by atoms with Gasteiger partial charge in [-0.3, -0.25) is 4.90 Å². The lowest BCUT2D eigenvalue weighted by Crippen LogP contribution is -2.40. The van der Waals surface area contributed by atoms with Gasteiger partial charge in [-0.2, -0.15) is 0 Å². The lowest BCUT2D eigenvalue weighted by atomic mass is 9.88. The molecule has 28 heavy (non-hydrogen) atoms. The van der Waals surface area contributed by atoms with E-state index in [0.29, 0.717) is 6.42 Å². The molecule has 0 bridgehead atoms. The van der Waals surface area contributed by atoms with Crippen molar-refractivity contribution in [3.05, 3.63) is 68.6 Å². The fraction of sp³-hybridized carbons (Fsp3) is 0.364. The number of ether oxygens (including phenoxy) is 2. The van der Waals surface area contributed by atoms with Crippen LogP contribution in [-0.2, 0) is 13.0 Å². The second-order valence-electron chi connectivity index (χ2n) is 7.27. The minimum Gasteiger partial charge on any atom is -0.493 e. The number of nitrogens with zero attached hydrogens (tertiary/aromatic N) is 1. The fourth-order valence-corrected chi connectivity index (χ4v) is 5.12. The maximum absolute atomic E-state index is 10.2. The molecule has 0 fully saturated rings. The zero-order valence-electron chi connectivity index (χ0n) is 15.7. The summed E-state index contributed by atoms with van der Waals surface area (Å²) in [6, 6.07) is 10.5. The molecular weight excluding hydrogens is 486 g/mol. The molecule has 2 heterocycles. The SMILES string of the molecule is C=C[C@H](O)CC1Oc2c(OC)cc(Br)c3c2C1N(Cc1ccc(Br)cc1)CC3. The van der Waals surface area contributed by atoms with E-state index in [1.54, 1.807) is 13.2 Å². The van der Waals surface area contributed by atoms with E-state index in [1.165, 1.54) is 16.7 Å². The molecule has 0 amide bonds. The molecule has 2 aliphatic heterocycles. The molecule has 148 valence electrons. The Morgan fingerprint density at radius 1 is 1.36 bits per heavy atom. The van der Waals surface area contributed by atoms with Crippen molar-refractivity contribution >= 4 is 31.9 Å². The molecular formula is C22H23Br2NO3. The third-order valence-electron chi connectivity index (χ3n) is 5.56. The highest BCUT2D eigenvalue weighted by Gasteiger charge is 2.45. The molecule has 0 aliphatic carbocycles. The number of aliphatic hydroxyl groups excluding tert-OH is 1. The van der Waals surface area contributed by atoms with Crippen molar-refractivity contribution in [3.8, 4) is 11.5 Å². The monoisotopic (exact) mass is 507 g/mol. The second kappa shape index (κ2) is 8.19. The molecule has 2 aromatic rings. The average Bonchev–Trinajstić information content (AvgIpc) is 3.07. The van der Waals surface area contributed by atoms with Gasteiger partial charge in [-0.15, -0.1) is 6.58 Å². The highest BCUT2D eigenvalue weighted by Crippen LogP contribution is 2.53. The fourth-order valence-electron chi connectivity index (χ4n) is 4.23. The van der Waals surface area contributed by atoms with Gasteiger partial charge in [0.2, 0.25) is 0 Å². The van der Waals surface area contributed by atoms with Gasteiger partial charge in [-0.25, -0.2) is 0 Å². The Labute approximate surface area is 182 Å². The van der Waals surface area contributed by atoms with E-state index < -0.39 is 6.10 Å². The summed E-state index contributed by atoms with van der Waals surface area (Å²) in [4.78, 5) is 2.45. The standard InChI is InChI=1S/C22H23Br2NO3/c1-3-15(26)10-18-21-20-16(17(24)11-19(27-2)22(20)28-18)8-9-25(21)12-13-4-6-14(23)7-5-13/h3-7,11,15,18,21,26H,1,8-10,12H2,2H3/t15-,18?,21?/m0/s1. The average molecular weight is 509 g/mol. The highest BCUT2D eigenvalue weighted by molar-refractivity contribution is 9.10. The first-order valence-electron chi connectivity index (χ1n) is 9.36. The minimum atomic E-state index is -0.603. The van der Waals surface area contributed by atoms with Crippen molar-refractivity contribution < 1.29 is 14.6 Å². The lowest BCUT2D eigenvalue weighted by Gasteiger charge is -2.37. The smallest absolute Gasteiger partial charge is 0.166 e. The number of rotatable bonds is 6. The Kier molecular flexibility index (Phi) is 5.83. The minimum absolute atomic E-state index is 0.0726. The zero-order chi connectivity index (χ0) is 19.8. The van der Waals surface area contributed by atoms with Crippen LogP contribution >= 0.6 is 31.9 Å². The van der Waals surface area contributed by atoms with Crippen LogP contribution in [0.25, 0.3) is 0 Å². The quantitative estimate of drug-likeness (QED) is 0.556. The van der Waals surface area contributed by atoms with E-state index in [1.807, 2.05) is 6.07 Å². The van der Waals surface area contributed by atoms with Gasteiger partial charge < -0.3 is 14.6 Å². The number of hydrogen-bond acceptors (Lipinski definition) is 4. The van der Waals surface area contributed by atoms with Crippen LogP contribution in [0.15, 0.2) is 51.9 Å². The van der Waals surface area contributed by atoms with E-state index in [2.05, 4.69) is 67.6 Å². The first kappa shape index (κ1) is 20.0. The number of benzene rings is 2. The molecule has 4 rings (SSSR count). The van der Waals surface area contributed by atoms with Crippen LogP contribution in [0.5, 0.6) is 11.5 Å². The van der Waals surface area contributed by atoms with Crippen molar-refractivity contribution in [2.75, 3.05) is 13.7 Å². The van der Waals surface area contributed by atoms with Crippen molar-refractivity contribution in [3.63, 3.8) is 0 Å². The van der Waals surface area contributed by atoms with E-state index in [-0.39, 0.29) is 12.1 Å². The summed E-state index contributed by atoms with van der Waals surface area (Å²) >= 11 is 7.22. The predicted molar refractivity (Wildman–Crippen MR) is 117 cm³/mol. The predicted octanol–water partition coefficient (Wildman–Crippen LogP) is 5.02. The number of methoxy groups -OCH3 is 1. The third-order valence-corrected chi connectivity index (χ3v) is 6.80. The van der Waals surface area contributed by atoms with Crippen molar-refractivity contribution in [2.45, 2.75) is 37.6 Å². The molecule has 0 saturated heterocycles. The van der Waals surface area contributed by atoms with Crippen LogP contribution in [0.2, 0.25) is 0 Å². The van der Waals surface area contributed by atoms with Crippen LogP contribution in [0.3, 0.4) is 0 Å². The number of halogens is 2. The first-order chi connectivity index (χ1) is 13.5. The molecule has 6 heteroatoms. The normalized spacial score (nSPS) is 21.7. The van der Waals surface area contributed by atoms with E-state index >= 15 is 0 Å². The van der Waals surface area contributed by atoms with Gasteiger partial charge in [0.1, 0.15) is 6.10 Å². The van der Waals surface area contributed by atoms with Gasteiger partial charge in [0.15, 0.2) is 11.5 Å². The largest absolute Gasteiger partial charge is 0.493 e. The number of aliphatic hydroxyl groups is 1. The molecule has 2 unspecified atom stereocenters. The van der Waals surface area contributed by atoms with Crippen LogP contribution in [0, 0.1) is 0 Å². The van der Waals surface area contributed by atoms with Crippen LogP contribution in [0.1, 0.15) is 29.2 Å². The van der Waals surface area contributed by atoms with Crippen molar-refractivity contribution in [1.29, 1.82) is 0 Å². The molecule has 1 N–H and O–H groups in total. The van der Waals surface area contributed by atoms with Crippen LogP contribution < -0.4 is 9.47 Å². The summed E-state index contributed by atoms with van der Waals surface area (Å²) in [6.45, 7) is 5.48. The topological polar surface area (TPSA) is 41.9 Å². The zero-order valence-corrected chi connectivity index (χ0v) is 18.9. The number of hydrogen-bond donors (Lipinski definition) is 1. The van der Waals surface area contributed by atoms with Gasteiger partial charge in [0.25, 0.3) is 0 Å². The van der Waals surface area contributed by atoms with Crippen molar-refractivity contribution in [1.82, 2.24) is 4.90 Å². The highest BCUT2D eigenvalue weighted by atomic mass is 79.9. The van der Waals surface area contributed by atoms with Gasteiger partial charge in [0.05, 0.1) is 19.3 Å². The Morgan fingerprint density at radius 2 is 2.11 bits per heavy atom. The molecule has 0 saturated carbocycles. The first-order valence-corrected chi connectivity index (χ1v) is 11.0. The molecule has 0 aromatic heterocycles. The Bertz CT molecular complexity index is 884. The summed E-state index contributed by atoms with van der Waals surface area (Å²) in [5.74, 6) is 1.55. The summed E-state index contributed by atoms with van der Waals surface area (Å²) in [5.41, 5.74) is 3.73. The Balaban J connectivity index is 1.73. The van der Waals surface area contributed by atoms with E-state index in [0.717, 1.165) is 40.0 Å². The lowest BCUT2D eigenvalue weighted by molar-refractivity contribution is 0.0527. The molecule has 2 aliphatic rings. The van der Waals surface area contributed by atoms with Crippen LogP contribution in [-0.4, -0.2) is 35.9 Å². The molecule has 4 nitrogen and oxygen atoms in total. The van der Waals surface area contributed by atoms with Gasteiger partial charge >= 0.3 is 0 Å². The maximum Gasteiger partial charge on any atom is 0.166 e. The Hall–Kier alpha value is -1.34. The van der Waals surface area contributed by atoms with Gasteiger partial charge in [-0.1, -0.05) is 50.1 Å². The summed E-state index contributed by atoms with van der Waals surface area (Å²) in [5, 5.41) is 10.2. The van der Waals surface area contributed by atoms with Gasteiger partial charge in [0, 0.05) is 34.0 Å². The van der Waals surface area contributed by atoms with E-state index in [9.17, 15) is 5.11 Å². The molecule has 0 spiro atoms. The Morgan fingerprint density at radius 3 is 2.79 bits per heavy atom. The summed E-state index contributed by atoms with van der Waals surface area (Å²) in [6.07, 6.45) is 2.26. The molecule has 0 radical (unpaired) electrons.